The van der Waals surface area contributed by atoms with Crippen molar-refractivity contribution >= 4 is 6.03 Å². The van der Waals surface area contributed by atoms with E-state index in [0.29, 0.717) is 6.04 Å². The zero-order valence-corrected chi connectivity index (χ0v) is 8.33. The van der Waals surface area contributed by atoms with Crippen molar-refractivity contribution in [3.05, 3.63) is 12.4 Å². The number of hydrogen-bond acceptors (Lipinski definition) is 3. The number of rotatable bonds is 2. The molecular formula is C9H13N5O. The lowest BCUT2D eigenvalue weighted by molar-refractivity contribution is 0.171. The van der Waals surface area contributed by atoms with Gasteiger partial charge in [0, 0.05) is 18.8 Å². The second-order valence-corrected chi connectivity index (χ2v) is 4.16. The average Bonchev–Trinajstić information content (AvgIpc) is 2.81. The smallest absolute Gasteiger partial charge is 0.318 e. The van der Waals surface area contributed by atoms with Crippen molar-refractivity contribution in [1.29, 1.82) is 0 Å². The predicted molar refractivity (Wildman–Crippen MR) is 52.1 cm³/mol. The normalized spacial score (nSPS) is 29.3. The summed E-state index contributed by atoms with van der Waals surface area (Å²) in [6, 6.07) is 0.706. The Morgan fingerprint density at radius 1 is 1.53 bits per heavy atom. The lowest BCUT2D eigenvalue weighted by Crippen LogP contribution is -2.42. The molecule has 80 valence electrons. The first kappa shape index (κ1) is 8.70. The molecule has 0 aliphatic carbocycles. The van der Waals surface area contributed by atoms with Gasteiger partial charge in [0.1, 0.15) is 0 Å². The van der Waals surface area contributed by atoms with Gasteiger partial charge < -0.3 is 10.2 Å². The zero-order valence-electron chi connectivity index (χ0n) is 8.33. The van der Waals surface area contributed by atoms with Crippen LogP contribution in [0.25, 0.3) is 0 Å². The molecule has 2 atom stereocenters. The fourth-order valence-electron chi connectivity index (χ4n) is 2.39. The van der Waals surface area contributed by atoms with Crippen molar-refractivity contribution in [3.8, 4) is 0 Å². The molecule has 0 spiro atoms. The maximum absolute atomic E-state index is 11.6. The molecule has 1 aromatic heterocycles. The fraction of sp³-hybridized carbons (Fsp3) is 0.667. The first-order chi connectivity index (χ1) is 7.33. The SMILES string of the molecule is O=C1N[C@@H]2CC[C@@H](Cn3ccnn3)N1C2. The van der Waals surface area contributed by atoms with Crippen LogP contribution in [0.2, 0.25) is 0 Å². The summed E-state index contributed by atoms with van der Waals surface area (Å²) in [5.74, 6) is 0. The summed E-state index contributed by atoms with van der Waals surface area (Å²) >= 11 is 0. The Kier molecular flexibility index (Phi) is 1.87. The fourth-order valence-corrected chi connectivity index (χ4v) is 2.39. The van der Waals surface area contributed by atoms with Crippen LogP contribution in [-0.2, 0) is 6.54 Å². The van der Waals surface area contributed by atoms with Gasteiger partial charge >= 0.3 is 6.03 Å². The van der Waals surface area contributed by atoms with Gasteiger partial charge in [0.05, 0.1) is 18.8 Å². The molecular weight excluding hydrogens is 194 g/mol. The van der Waals surface area contributed by atoms with E-state index in [1.54, 1.807) is 10.9 Å². The first-order valence-corrected chi connectivity index (χ1v) is 5.24. The number of nitrogens with zero attached hydrogens (tertiary/aromatic N) is 4. The monoisotopic (exact) mass is 207 g/mol. The van der Waals surface area contributed by atoms with Gasteiger partial charge in [0.25, 0.3) is 0 Å². The molecule has 1 aromatic rings. The van der Waals surface area contributed by atoms with Gasteiger partial charge in [-0.3, -0.25) is 4.68 Å². The van der Waals surface area contributed by atoms with Crippen molar-refractivity contribution in [2.75, 3.05) is 6.54 Å². The Morgan fingerprint density at radius 3 is 3.27 bits per heavy atom. The van der Waals surface area contributed by atoms with Crippen molar-refractivity contribution in [2.24, 2.45) is 0 Å². The number of nitrogens with one attached hydrogen (secondary N) is 1. The van der Waals surface area contributed by atoms with Crippen molar-refractivity contribution in [3.63, 3.8) is 0 Å². The van der Waals surface area contributed by atoms with Crippen molar-refractivity contribution < 1.29 is 4.79 Å². The summed E-state index contributed by atoms with van der Waals surface area (Å²) in [6.45, 7) is 1.60. The lowest BCUT2D eigenvalue weighted by Gasteiger charge is -2.30. The molecule has 0 radical (unpaired) electrons. The molecule has 6 nitrogen and oxygen atoms in total. The highest BCUT2D eigenvalue weighted by Crippen LogP contribution is 2.23. The highest BCUT2D eigenvalue weighted by molar-refractivity contribution is 5.77. The largest absolute Gasteiger partial charge is 0.333 e. The van der Waals surface area contributed by atoms with Crippen LogP contribution in [0.15, 0.2) is 12.4 Å². The Morgan fingerprint density at radius 2 is 2.47 bits per heavy atom. The third kappa shape index (κ3) is 1.45. The van der Waals surface area contributed by atoms with Crippen LogP contribution < -0.4 is 5.32 Å². The van der Waals surface area contributed by atoms with Gasteiger partial charge in [-0.05, 0) is 12.8 Å². The van der Waals surface area contributed by atoms with E-state index in [9.17, 15) is 4.79 Å². The van der Waals surface area contributed by atoms with Gasteiger partial charge in [-0.1, -0.05) is 5.21 Å². The number of carbonyl (C=O) groups excluding carboxylic acids is 1. The van der Waals surface area contributed by atoms with Gasteiger partial charge in [0.2, 0.25) is 0 Å². The summed E-state index contributed by atoms with van der Waals surface area (Å²) in [7, 11) is 0. The van der Waals surface area contributed by atoms with E-state index < -0.39 is 0 Å². The number of piperidine rings is 1. The van der Waals surface area contributed by atoms with E-state index in [4.69, 9.17) is 0 Å². The van der Waals surface area contributed by atoms with E-state index in [2.05, 4.69) is 15.6 Å². The molecule has 0 unspecified atom stereocenters. The van der Waals surface area contributed by atoms with Crippen LogP contribution >= 0.6 is 0 Å². The van der Waals surface area contributed by atoms with E-state index in [-0.39, 0.29) is 12.1 Å². The molecule has 15 heavy (non-hydrogen) atoms. The van der Waals surface area contributed by atoms with E-state index in [1.807, 2.05) is 11.1 Å². The lowest BCUT2D eigenvalue weighted by atomic mass is 10.0. The minimum Gasteiger partial charge on any atom is -0.333 e. The summed E-state index contributed by atoms with van der Waals surface area (Å²) in [5, 5.41) is 10.7. The molecule has 2 bridgehead atoms. The summed E-state index contributed by atoms with van der Waals surface area (Å²) in [4.78, 5) is 13.5. The summed E-state index contributed by atoms with van der Waals surface area (Å²) < 4.78 is 1.79. The molecule has 2 aliphatic rings. The quantitative estimate of drug-likeness (QED) is 0.732. The van der Waals surface area contributed by atoms with Gasteiger partial charge in [-0.15, -0.1) is 5.10 Å². The van der Waals surface area contributed by atoms with Crippen molar-refractivity contribution in [1.82, 2.24) is 25.2 Å². The molecule has 2 aliphatic heterocycles. The van der Waals surface area contributed by atoms with Gasteiger partial charge in [-0.2, -0.15) is 0 Å². The second-order valence-electron chi connectivity index (χ2n) is 4.16. The minimum atomic E-state index is 0.0719. The highest BCUT2D eigenvalue weighted by Gasteiger charge is 2.38. The standard InChI is InChI=1S/C9H13N5O/c15-9-11-7-1-2-8(14(9)5-7)6-13-4-3-10-12-13/h3-4,7-8H,1-2,5-6H2,(H,11,15)/t7-,8+/m1/s1. The molecule has 1 N–H and O–H groups in total. The third-order valence-corrected chi connectivity index (χ3v) is 3.16. The molecule has 3 rings (SSSR count). The Bertz CT molecular complexity index is 363. The predicted octanol–water partition coefficient (Wildman–Crippen LogP) is -0.166. The maximum atomic E-state index is 11.6. The van der Waals surface area contributed by atoms with Crippen molar-refractivity contribution in [2.45, 2.75) is 31.5 Å². The Balaban J connectivity index is 1.74. The van der Waals surface area contributed by atoms with Gasteiger partial charge in [-0.25, -0.2) is 4.79 Å². The van der Waals surface area contributed by atoms with Gasteiger partial charge in [0.15, 0.2) is 0 Å². The van der Waals surface area contributed by atoms with E-state index >= 15 is 0 Å². The number of fused-ring (bicyclic) bond motifs is 2. The molecule has 2 amide bonds. The highest BCUT2D eigenvalue weighted by atomic mass is 16.2. The minimum absolute atomic E-state index is 0.0719. The molecule has 2 saturated heterocycles. The summed E-state index contributed by atoms with van der Waals surface area (Å²) in [5.41, 5.74) is 0. The molecule has 6 heteroatoms. The summed E-state index contributed by atoms with van der Waals surface area (Å²) in [6.07, 6.45) is 5.61. The Labute approximate surface area is 87.2 Å². The van der Waals surface area contributed by atoms with Crippen LogP contribution in [0, 0.1) is 0 Å². The number of carbonyl (C=O) groups is 1. The van der Waals surface area contributed by atoms with Crippen LogP contribution in [0.5, 0.6) is 0 Å². The first-order valence-electron chi connectivity index (χ1n) is 5.24. The number of aromatic nitrogens is 3. The van der Waals surface area contributed by atoms with Crippen LogP contribution in [0.3, 0.4) is 0 Å². The topological polar surface area (TPSA) is 63.1 Å². The van der Waals surface area contributed by atoms with Crippen LogP contribution in [0.4, 0.5) is 4.79 Å². The molecule has 0 aromatic carbocycles. The Hall–Kier alpha value is -1.59. The van der Waals surface area contributed by atoms with E-state index in [1.165, 1.54) is 0 Å². The molecule has 2 fully saturated rings. The molecule has 3 heterocycles. The zero-order chi connectivity index (χ0) is 10.3. The molecule has 0 saturated carbocycles. The number of amides is 2. The van der Waals surface area contributed by atoms with Crippen LogP contribution in [-0.4, -0.2) is 44.6 Å². The number of hydrogen-bond donors (Lipinski definition) is 1. The second kappa shape index (κ2) is 3.22. The van der Waals surface area contributed by atoms with Crippen LogP contribution in [0.1, 0.15) is 12.8 Å². The van der Waals surface area contributed by atoms with E-state index in [0.717, 1.165) is 25.9 Å². The number of urea groups is 1. The maximum Gasteiger partial charge on any atom is 0.318 e. The average molecular weight is 207 g/mol. The third-order valence-electron chi connectivity index (χ3n) is 3.16.